The number of benzene rings is 2. The maximum atomic E-state index is 10.9. The van der Waals surface area contributed by atoms with Gasteiger partial charge in [0.15, 0.2) is 0 Å². The van der Waals surface area contributed by atoms with Crippen molar-refractivity contribution in [2.24, 2.45) is 7.05 Å². The van der Waals surface area contributed by atoms with E-state index in [-0.39, 0.29) is 0 Å². The third-order valence-corrected chi connectivity index (χ3v) is 3.82. The predicted molar refractivity (Wildman–Crippen MR) is 80.1 cm³/mol. The van der Waals surface area contributed by atoms with Crippen LogP contribution in [0.1, 0.15) is 16.1 Å². The highest BCUT2D eigenvalue weighted by Gasteiger charge is 2.13. The molecule has 0 radical (unpaired) electrons. The van der Waals surface area contributed by atoms with Crippen molar-refractivity contribution in [2.45, 2.75) is 6.92 Å². The molecule has 0 amide bonds. The quantitative estimate of drug-likeness (QED) is 0.764. The first-order valence-corrected chi connectivity index (χ1v) is 6.47. The molecule has 1 aromatic heterocycles. The Hall–Kier alpha value is -2.55. The van der Waals surface area contributed by atoms with Crippen LogP contribution in [0.5, 0.6) is 0 Å². The predicted octanol–water partition coefficient (Wildman–Crippen LogP) is 3.85. The monoisotopic (exact) mass is 265 g/mol. The number of carboxylic acid groups (broad SMARTS) is 1. The summed E-state index contributed by atoms with van der Waals surface area (Å²) >= 11 is 0. The van der Waals surface area contributed by atoms with E-state index in [2.05, 4.69) is 23.6 Å². The summed E-state index contributed by atoms with van der Waals surface area (Å²) in [5.74, 6) is -0.897. The highest BCUT2D eigenvalue weighted by molar-refractivity contribution is 5.98. The highest BCUT2D eigenvalue weighted by Crippen LogP contribution is 2.33. The second-order valence-electron chi connectivity index (χ2n) is 4.92. The third-order valence-electron chi connectivity index (χ3n) is 3.82. The fourth-order valence-electron chi connectivity index (χ4n) is 2.66. The van der Waals surface area contributed by atoms with E-state index in [0.717, 1.165) is 5.56 Å². The fraction of sp³-hybridized carbons (Fsp3) is 0.118. The molecule has 1 heterocycles. The molecule has 0 aliphatic carbocycles. The van der Waals surface area contributed by atoms with Gasteiger partial charge < -0.3 is 9.67 Å². The molecule has 3 heteroatoms. The van der Waals surface area contributed by atoms with Gasteiger partial charge in [-0.15, -0.1) is 0 Å². The van der Waals surface area contributed by atoms with Gasteiger partial charge in [-0.3, -0.25) is 0 Å². The van der Waals surface area contributed by atoms with Gasteiger partial charge in [0.05, 0.1) is 5.56 Å². The number of aromatic carboxylic acids is 1. The summed E-state index contributed by atoms with van der Waals surface area (Å²) in [6.45, 7) is 2.08. The van der Waals surface area contributed by atoms with Crippen molar-refractivity contribution in [3.05, 3.63) is 59.8 Å². The third kappa shape index (κ3) is 1.79. The van der Waals surface area contributed by atoms with Crippen molar-refractivity contribution in [3.8, 4) is 11.1 Å². The van der Waals surface area contributed by atoms with Crippen LogP contribution in [0.25, 0.3) is 22.0 Å². The number of fused-ring (bicyclic) bond motifs is 1. The smallest absolute Gasteiger partial charge is 0.335 e. The summed E-state index contributed by atoms with van der Waals surface area (Å²) in [5, 5.41) is 10.2. The minimum absolute atomic E-state index is 0.312. The molecule has 0 aliphatic heterocycles. The minimum Gasteiger partial charge on any atom is -0.478 e. The van der Waals surface area contributed by atoms with Gasteiger partial charge in [-0.2, -0.15) is 0 Å². The van der Waals surface area contributed by atoms with Crippen LogP contribution in [-0.2, 0) is 7.05 Å². The van der Waals surface area contributed by atoms with E-state index in [1.54, 1.807) is 12.1 Å². The summed E-state index contributed by atoms with van der Waals surface area (Å²) in [4.78, 5) is 10.9. The molecule has 0 saturated heterocycles. The summed E-state index contributed by atoms with van der Waals surface area (Å²) in [6, 6.07) is 15.3. The molecule has 1 N–H and O–H groups in total. The average molecular weight is 265 g/mol. The number of nitrogens with zero attached hydrogens (tertiary/aromatic N) is 1. The molecular weight excluding hydrogens is 250 g/mol. The van der Waals surface area contributed by atoms with Crippen LogP contribution in [0.15, 0.2) is 48.5 Å². The Labute approximate surface area is 117 Å². The largest absolute Gasteiger partial charge is 0.478 e. The van der Waals surface area contributed by atoms with Crippen molar-refractivity contribution in [3.63, 3.8) is 0 Å². The molecule has 0 atom stereocenters. The minimum atomic E-state index is -0.897. The van der Waals surface area contributed by atoms with Gasteiger partial charge in [0.1, 0.15) is 0 Å². The van der Waals surface area contributed by atoms with E-state index >= 15 is 0 Å². The summed E-state index contributed by atoms with van der Waals surface area (Å²) < 4.78 is 2.16. The van der Waals surface area contributed by atoms with Gasteiger partial charge in [-0.1, -0.05) is 30.3 Å². The molecule has 0 bridgehead atoms. The number of para-hydroxylation sites is 1. The lowest BCUT2D eigenvalue weighted by Gasteiger charge is -2.04. The molecule has 0 aliphatic rings. The number of hydrogen-bond acceptors (Lipinski definition) is 1. The van der Waals surface area contributed by atoms with E-state index in [1.807, 2.05) is 31.3 Å². The zero-order chi connectivity index (χ0) is 14.3. The first kappa shape index (κ1) is 12.5. The van der Waals surface area contributed by atoms with Gasteiger partial charge >= 0.3 is 5.97 Å². The molecule has 3 rings (SSSR count). The van der Waals surface area contributed by atoms with Crippen molar-refractivity contribution >= 4 is 16.9 Å². The van der Waals surface area contributed by atoms with Gasteiger partial charge in [0, 0.05) is 29.2 Å². The van der Waals surface area contributed by atoms with Crippen LogP contribution in [0.4, 0.5) is 0 Å². The maximum Gasteiger partial charge on any atom is 0.335 e. The Morgan fingerprint density at radius 1 is 1.05 bits per heavy atom. The molecule has 20 heavy (non-hydrogen) atoms. The normalized spacial score (nSPS) is 10.9. The van der Waals surface area contributed by atoms with Crippen LogP contribution in [0.2, 0.25) is 0 Å². The molecule has 3 aromatic rings. The van der Waals surface area contributed by atoms with E-state index in [4.69, 9.17) is 5.11 Å². The Morgan fingerprint density at radius 2 is 1.70 bits per heavy atom. The molecule has 0 spiro atoms. The van der Waals surface area contributed by atoms with Crippen LogP contribution >= 0.6 is 0 Å². The van der Waals surface area contributed by atoms with Crippen molar-refractivity contribution < 1.29 is 9.90 Å². The van der Waals surface area contributed by atoms with E-state index < -0.39 is 5.97 Å². The summed E-state index contributed by atoms with van der Waals surface area (Å²) in [5.41, 5.74) is 4.88. The highest BCUT2D eigenvalue weighted by atomic mass is 16.4. The number of hydrogen-bond donors (Lipinski definition) is 1. The fourth-order valence-corrected chi connectivity index (χ4v) is 2.66. The van der Waals surface area contributed by atoms with Crippen molar-refractivity contribution in [1.29, 1.82) is 0 Å². The van der Waals surface area contributed by atoms with Crippen LogP contribution in [-0.4, -0.2) is 15.6 Å². The topological polar surface area (TPSA) is 42.2 Å². The summed E-state index contributed by atoms with van der Waals surface area (Å²) in [6.07, 6.45) is 0. The van der Waals surface area contributed by atoms with E-state index in [1.165, 1.54) is 22.2 Å². The Morgan fingerprint density at radius 3 is 2.35 bits per heavy atom. The van der Waals surface area contributed by atoms with Crippen LogP contribution < -0.4 is 0 Å². The Kier molecular flexibility index (Phi) is 2.83. The van der Waals surface area contributed by atoms with Gasteiger partial charge in [0.25, 0.3) is 0 Å². The number of carbonyl (C=O) groups is 1. The molecular formula is C17H15NO2. The lowest BCUT2D eigenvalue weighted by Crippen LogP contribution is -1.95. The van der Waals surface area contributed by atoms with Crippen molar-refractivity contribution in [1.82, 2.24) is 4.57 Å². The van der Waals surface area contributed by atoms with Gasteiger partial charge in [0.2, 0.25) is 0 Å². The average Bonchev–Trinajstić information content (AvgIpc) is 2.72. The maximum absolute atomic E-state index is 10.9. The number of rotatable bonds is 2. The summed E-state index contributed by atoms with van der Waals surface area (Å²) in [7, 11) is 2.05. The molecule has 100 valence electrons. The van der Waals surface area contributed by atoms with Gasteiger partial charge in [-0.05, 0) is 30.7 Å². The number of aryl methyl sites for hydroxylation is 1. The van der Waals surface area contributed by atoms with Crippen LogP contribution in [0.3, 0.4) is 0 Å². The zero-order valence-electron chi connectivity index (χ0n) is 11.4. The lowest BCUT2D eigenvalue weighted by molar-refractivity contribution is 0.0697. The molecule has 0 fully saturated rings. The first-order valence-electron chi connectivity index (χ1n) is 6.47. The Bertz CT molecular complexity index is 798. The van der Waals surface area contributed by atoms with Crippen LogP contribution in [0, 0.1) is 6.92 Å². The van der Waals surface area contributed by atoms with Gasteiger partial charge in [-0.25, -0.2) is 4.79 Å². The lowest BCUT2D eigenvalue weighted by atomic mass is 10.0. The first-order chi connectivity index (χ1) is 9.59. The molecule has 3 nitrogen and oxygen atoms in total. The van der Waals surface area contributed by atoms with Crippen molar-refractivity contribution in [2.75, 3.05) is 0 Å². The molecule has 2 aromatic carbocycles. The van der Waals surface area contributed by atoms with E-state index in [0.29, 0.717) is 5.56 Å². The second-order valence-corrected chi connectivity index (χ2v) is 4.92. The zero-order valence-corrected chi connectivity index (χ0v) is 11.4. The van der Waals surface area contributed by atoms with E-state index in [9.17, 15) is 4.79 Å². The number of aromatic nitrogens is 1. The standard InChI is InChI=1S/C17H15NO2/c1-11-16(12-7-9-13(10-8-12)17(19)20)14-5-3-4-6-15(14)18(11)2/h3-10H,1-2H3,(H,19,20). The molecule has 0 saturated carbocycles. The molecule has 0 unspecified atom stereocenters. The Balaban J connectivity index is 2.24. The second kappa shape index (κ2) is 4.53. The SMILES string of the molecule is Cc1c(-c2ccc(C(=O)O)cc2)c2ccccc2n1C. The number of carboxylic acids is 1.